The highest BCUT2D eigenvalue weighted by atomic mass is 35.5. The van der Waals surface area contributed by atoms with Crippen LogP contribution in [-0.2, 0) is 9.59 Å². The molecule has 1 fully saturated rings. The minimum Gasteiger partial charge on any atom is -0.318 e. The van der Waals surface area contributed by atoms with Crippen molar-refractivity contribution in [1.29, 1.82) is 0 Å². The van der Waals surface area contributed by atoms with Gasteiger partial charge in [-0.05, 0) is 80.4 Å². The summed E-state index contributed by atoms with van der Waals surface area (Å²) in [5.74, 6) is -1.87. The van der Waals surface area contributed by atoms with Gasteiger partial charge in [0, 0.05) is 22.1 Å². The maximum Gasteiger partial charge on any atom is 0.335 e. The second-order valence-corrected chi connectivity index (χ2v) is 7.94. The van der Waals surface area contributed by atoms with Gasteiger partial charge in [-0.2, -0.15) is 0 Å². The molecule has 0 atom stereocenters. The Balaban J connectivity index is 1.76. The van der Waals surface area contributed by atoms with Gasteiger partial charge >= 0.3 is 6.03 Å². The Morgan fingerprint density at radius 2 is 1.59 bits per heavy atom. The minimum atomic E-state index is -0.839. The summed E-state index contributed by atoms with van der Waals surface area (Å²) in [6, 6.07) is 11.8. The molecular formula is C24H19ClFN3O3. The average molecular weight is 452 g/mol. The molecule has 0 unspecified atom stereocenters. The summed E-state index contributed by atoms with van der Waals surface area (Å²) in [5.41, 5.74) is 3.84. The van der Waals surface area contributed by atoms with E-state index < -0.39 is 17.8 Å². The van der Waals surface area contributed by atoms with Crippen LogP contribution in [0.25, 0.3) is 11.8 Å². The fourth-order valence-electron chi connectivity index (χ4n) is 3.69. The van der Waals surface area contributed by atoms with Crippen LogP contribution in [0.5, 0.6) is 0 Å². The quantitative estimate of drug-likeness (QED) is 0.456. The summed E-state index contributed by atoms with van der Waals surface area (Å²) in [6.45, 7) is 5.50. The summed E-state index contributed by atoms with van der Waals surface area (Å²) in [6.07, 6.45) is 1.45. The number of urea groups is 1. The number of barbiturate groups is 1. The number of hydrogen-bond donors (Lipinski definition) is 1. The summed E-state index contributed by atoms with van der Waals surface area (Å²) in [7, 11) is 0. The van der Waals surface area contributed by atoms with E-state index in [1.165, 1.54) is 24.3 Å². The zero-order valence-electron chi connectivity index (χ0n) is 17.6. The van der Waals surface area contributed by atoms with E-state index in [2.05, 4.69) is 5.32 Å². The molecule has 1 aliphatic heterocycles. The van der Waals surface area contributed by atoms with E-state index in [1.807, 2.05) is 24.5 Å². The number of anilines is 1. The van der Waals surface area contributed by atoms with Crippen LogP contribution in [0.4, 0.5) is 14.9 Å². The minimum absolute atomic E-state index is 0.180. The number of nitrogens with one attached hydrogen (secondary N) is 1. The van der Waals surface area contributed by atoms with Crippen LogP contribution in [-0.4, -0.2) is 22.4 Å². The number of carbonyl (C=O) groups is 3. The number of nitrogens with zero attached hydrogens (tertiary/aromatic N) is 2. The highest BCUT2D eigenvalue weighted by Gasteiger charge is 2.37. The molecule has 0 aliphatic carbocycles. The normalized spacial score (nSPS) is 15.5. The van der Waals surface area contributed by atoms with Gasteiger partial charge in [0.25, 0.3) is 11.8 Å². The summed E-state index contributed by atoms with van der Waals surface area (Å²) in [5, 5.41) is 2.61. The Labute approximate surface area is 188 Å². The van der Waals surface area contributed by atoms with Crippen molar-refractivity contribution in [2.45, 2.75) is 20.8 Å². The third-order valence-corrected chi connectivity index (χ3v) is 5.78. The summed E-state index contributed by atoms with van der Waals surface area (Å²) >= 11 is 6.15. The Bertz CT molecular complexity index is 1310. The van der Waals surface area contributed by atoms with Crippen molar-refractivity contribution >= 4 is 41.2 Å². The lowest BCUT2D eigenvalue weighted by Gasteiger charge is -2.26. The first kappa shape index (κ1) is 21.5. The molecule has 1 aliphatic rings. The van der Waals surface area contributed by atoms with Gasteiger partial charge in [0.05, 0.1) is 5.69 Å². The van der Waals surface area contributed by atoms with Crippen molar-refractivity contribution in [2.75, 3.05) is 4.90 Å². The average Bonchev–Trinajstić information content (AvgIpc) is 3.01. The fraction of sp³-hybridized carbons (Fsp3) is 0.125. The molecule has 0 spiro atoms. The topological polar surface area (TPSA) is 71.4 Å². The second kappa shape index (κ2) is 8.09. The lowest BCUT2D eigenvalue weighted by Crippen LogP contribution is -2.54. The predicted octanol–water partition coefficient (Wildman–Crippen LogP) is 4.86. The molecule has 8 heteroatoms. The molecule has 1 aromatic heterocycles. The number of carbonyl (C=O) groups excluding carboxylic acids is 3. The number of aromatic nitrogens is 1. The van der Waals surface area contributed by atoms with E-state index >= 15 is 0 Å². The Kier molecular flexibility index (Phi) is 5.44. The van der Waals surface area contributed by atoms with Crippen molar-refractivity contribution in [3.8, 4) is 5.69 Å². The van der Waals surface area contributed by atoms with Crippen LogP contribution in [0.2, 0.25) is 5.02 Å². The number of amides is 4. The number of benzene rings is 2. The van der Waals surface area contributed by atoms with E-state index in [4.69, 9.17) is 11.6 Å². The molecule has 4 rings (SSSR count). The van der Waals surface area contributed by atoms with Crippen LogP contribution in [0.1, 0.15) is 22.5 Å². The van der Waals surface area contributed by atoms with E-state index in [9.17, 15) is 18.8 Å². The molecule has 0 bridgehead atoms. The molecule has 3 aromatic rings. The van der Waals surface area contributed by atoms with Gasteiger partial charge in [0.15, 0.2) is 0 Å². The van der Waals surface area contributed by atoms with Gasteiger partial charge in [0.1, 0.15) is 11.4 Å². The highest BCUT2D eigenvalue weighted by molar-refractivity contribution is 6.39. The van der Waals surface area contributed by atoms with Gasteiger partial charge in [0.2, 0.25) is 0 Å². The summed E-state index contributed by atoms with van der Waals surface area (Å²) < 4.78 is 15.2. The maximum absolute atomic E-state index is 13.3. The van der Waals surface area contributed by atoms with Crippen molar-refractivity contribution in [1.82, 2.24) is 9.88 Å². The lowest BCUT2D eigenvalue weighted by atomic mass is 10.1. The van der Waals surface area contributed by atoms with Crippen LogP contribution >= 0.6 is 11.6 Å². The van der Waals surface area contributed by atoms with Crippen molar-refractivity contribution < 1.29 is 18.8 Å². The molecule has 0 saturated carbocycles. The number of hydrogen-bond acceptors (Lipinski definition) is 3. The SMILES string of the molecule is Cc1ccc(N2C(=O)NC(=O)/C(=C/c3cc(C)n(-c4ccc(F)cc4)c3C)C2=O)cc1Cl. The zero-order valence-corrected chi connectivity index (χ0v) is 18.3. The first-order chi connectivity index (χ1) is 15.2. The van der Waals surface area contributed by atoms with Gasteiger partial charge in [-0.1, -0.05) is 17.7 Å². The smallest absolute Gasteiger partial charge is 0.318 e. The molecule has 0 radical (unpaired) electrons. The first-order valence-electron chi connectivity index (χ1n) is 9.80. The molecule has 2 heterocycles. The molecule has 162 valence electrons. The molecule has 1 saturated heterocycles. The molecule has 32 heavy (non-hydrogen) atoms. The number of aryl methyl sites for hydroxylation is 2. The summed E-state index contributed by atoms with van der Waals surface area (Å²) in [4.78, 5) is 39.0. The molecular weight excluding hydrogens is 433 g/mol. The van der Waals surface area contributed by atoms with Crippen molar-refractivity contribution in [2.24, 2.45) is 0 Å². The third-order valence-electron chi connectivity index (χ3n) is 5.37. The number of imide groups is 2. The largest absolute Gasteiger partial charge is 0.335 e. The molecule has 4 amide bonds. The standard InChI is InChI=1S/C24H19ClFN3O3/c1-13-4-7-19(12-21(13)25)29-23(31)20(22(30)27-24(29)32)11-16-10-14(2)28(15(16)3)18-8-5-17(26)6-9-18/h4-12H,1-3H3,(H,27,30,32)/b20-11-. The van der Waals surface area contributed by atoms with E-state index in [0.717, 1.165) is 27.5 Å². The van der Waals surface area contributed by atoms with Crippen molar-refractivity contribution in [3.05, 3.63) is 87.5 Å². The Hall–Kier alpha value is -3.71. The third kappa shape index (κ3) is 3.71. The Morgan fingerprint density at radius 3 is 2.25 bits per heavy atom. The number of rotatable bonds is 3. The first-order valence-corrected chi connectivity index (χ1v) is 10.2. The van der Waals surface area contributed by atoms with E-state index in [0.29, 0.717) is 10.6 Å². The van der Waals surface area contributed by atoms with Gasteiger partial charge in [-0.25, -0.2) is 14.1 Å². The zero-order chi connectivity index (χ0) is 23.2. The second-order valence-electron chi connectivity index (χ2n) is 7.53. The van der Waals surface area contributed by atoms with E-state index in [-0.39, 0.29) is 17.1 Å². The van der Waals surface area contributed by atoms with Crippen molar-refractivity contribution in [3.63, 3.8) is 0 Å². The van der Waals surface area contributed by atoms with E-state index in [1.54, 1.807) is 31.2 Å². The molecule has 6 nitrogen and oxygen atoms in total. The molecule has 2 aromatic carbocycles. The lowest BCUT2D eigenvalue weighted by molar-refractivity contribution is -0.122. The van der Waals surface area contributed by atoms with Gasteiger partial charge in [-0.15, -0.1) is 0 Å². The van der Waals surface area contributed by atoms with Crippen LogP contribution in [0.3, 0.4) is 0 Å². The van der Waals surface area contributed by atoms with Gasteiger partial charge < -0.3 is 4.57 Å². The monoisotopic (exact) mass is 451 g/mol. The Morgan fingerprint density at radius 1 is 0.938 bits per heavy atom. The maximum atomic E-state index is 13.3. The highest BCUT2D eigenvalue weighted by Crippen LogP contribution is 2.28. The van der Waals surface area contributed by atoms with Crippen LogP contribution in [0, 0.1) is 26.6 Å². The van der Waals surface area contributed by atoms with Crippen LogP contribution < -0.4 is 10.2 Å². The molecule has 1 N–H and O–H groups in total. The predicted molar refractivity (Wildman–Crippen MR) is 120 cm³/mol. The van der Waals surface area contributed by atoms with Gasteiger partial charge in [-0.3, -0.25) is 14.9 Å². The fourth-order valence-corrected chi connectivity index (χ4v) is 3.86. The number of halogens is 2. The van der Waals surface area contributed by atoms with Crippen LogP contribution in [0.15, 0.2) is 54.1 Å².